The molecule has 0 spiro atoms. The van der Waals surface area contributed by atoms with E-state index in [1.807, 2.05) is 29.1 Å². The minimum atomic E-state index is 0. The third-order valence-electron chi connectivity index (χ3n) is 2.18. The van der Waals surface area contributed by atoms with Crippen LogP contribution in [0.25, 0.3) is 16.6 Å². The van der Waals surface area contributed by atoms with Gasteiger partial charge in [-0.15, -0.1) is 6.54 Å². The molecule has 0 saturated heterocycles. The summed E-state index contributed by atoms with van der Waals surface area (Å²) in [6.07, 6.45) is 1.81. The molecule has 0 amide bonds. The Morgan fingerprint density at radius 3 is 2.93 bits per heavy atom. The van der Waals surface area contributed by atoms with Gasteiger partial charge in [0.05, 0.1) is 18.8 Å². The molecule has 0 radical (unpaired) electrons. The third kappa shape index (κ3) is 2.49. The van der Waals surface area contributed by atoms with Crippen LogP contribution in [0.5, 0.6) is 5.75 Å². The van der Waals surface area contributed by atoms with E-state index in [1.165, 1.54) is 0 Å². The van der Waals surface area contributed by atoms with Crippen LogP contribution in [0.2, 0.25) is 0 Å². The predicted molar refractivity (Wildman–Crippen MR) is 55.5 cm³/mol. The van der Waals surface area contributed by atoms with Crippen molar-refractivity contribution in [2.24, 2.45) is 0 Å². The van der Waals surface area contributed by atoms with Crippen molar-refractivity contribution in [3.8, 4) is 5.75 Å². The minimum absolute atomic E-state index is 0. The van der Waals surface area contributed by atoms with Gasteiger partial charge in [-0.05, 0) is 12.1 Å². The van der Waals surface area contributed by atoms with Gasteiger partial charge in [0.1, 0.15) is 5.75 Å². The van der Waals surface area contributed by atoms with Gasteiger partial charge in [-0.25, -0.2) is 0 Å². The van der Waals surface area contributed by atoms with Crippen molar-refractivity contribution in [1.82, 2.24) is 9.78 Å². The number of rotatable bonds is 3. The normalized spacial score (nSPS) is 10.0. The zero-order valence-electron chi connectivity index (χ0n) is 8.73. The first kappa shape index (κ1) is 12.4. The van der Waals surface area contributed by atoms with E-state index in [-0.39, 0.29) is 27.3 Å². The maximum absolute atomic E-state index is 7.16. The number of ether oxygens (including phenoxy) is 1. The average Bonchev–Trinajstić information content (AvgIpc) is 2.61. The number of hydrogen-bond donors (Lipinski definition) is 0. The summed E-state index contributed by atoms with van der Waals surface area (Å²) < 4.78 is 6.96. The zero-order chi connectivity index (χ0) is 9.97. The van der Waals surface area contributed by atoms with Crippen LogP contribution in [0.3, 0.4) is 0 Å². The Balaban J connectivity index is 0.00000112. The van der Waals surface area contributed by atoms with Crippen molar-refractivity contribution in [3.63, 3.8) is 0 Å². The summed E-state index contributed by atoms with van der Waals surface area (Å²) in [5.74, 6) is 0.823. The van der Waals surface area contributed by atoms with E-state index in [4.69, 9.17) is 10.5 Å². The number of hydrogen-bond acceptors (Lipinski definition) is 2. The second-order valence-electron chi connectivity index (χ2n) is 3.04. The van der Waals surface area contributed by atoms with Crippen LogP contribution < -0.4 is 4.74 Å². The number of aromatic nitrogens is 2. The fourth-order valence-electron chi connectivity index (χ4n) is 1.46. The van der Waals surface area contributed by atoms with Crippen LogP contribution in [-0.2, 0) is 33.8 Å². The van der Waals surface area contributed by atoms with Crippen LogP contribution >= 0.6 is 0 Å². The van der Waals surface area contributed by atoms with Crippen LogP contribution in [0.1, 0.15) is 0 Å². The first-order chi connectivity index (χ1) is 6.85. The van der Waals surface area contributed by atoms with Crippen LogP contribution in [0.15, 0.2) is 24.4 Å². The average molecular weight is 303 g/mol. The fourth-order valence-corrected chi connectivity index (χ4v) is 1.46. The van der Waals surface area contributed by atoms with Crippen LogP contribution in [-0.4, -0.2) is 23.4 Å². The Kier molecular flexibility index (Phi) is 4.52. The third-order valence-corrected chi connectivity index (χ3v) is 2.18. The Bertz CT molecular complexity index is 441. The molecule has 0 bridgehead atoms. The summed E-state index contributed by atoms with van der Waals surface area (Å²) in [6.45, 7) is 0.963. The Labute approximate surface area is 109 Å². The van der Waals surface area contributed by atoms with Gasteiger partial charge >= 0.3 is 0 Å². The van der Waals surface area contributed by atoms with Gasteiger partial charge in [0.25, 0.3) is 0 Å². The van der Waals surface area contributed by atoms with Crippen molar-refractivity contribution in [2.75, 3.05) is 13.7 Å². The summed E-state index contributed by atoms with van der Waals surface area (Å²) in [5, 5.41) is 5.28. The smallest absolute Gasteiger partial charge is 0.121 e. The number of benzene rings is 1. The first-order valence-electron chi connectivity index (χ1n) is 4.49. The van der Waals surface area contributed by atoms with Gasteiger partial charge in [0.15, 0.2) is 0 Å². The number of methoxy groups -OCH3 is 1. The predicted octanol–water partition coefficient (Wildman–Crippen LogP) is 2.09. The molecule has 5 heteroatoms. The molecule has 0 aliphatic rings. The van der Waals surface area contributed by atoms with Crippen LogP contribution in [0, 0.1) is 0 Å². The van der Waals surface area contributed by atoms with E-state index in [0.29, 0.717) is 13.1 Å². The largest absolute Gasteiger partial charge is 0.676 e. The summed E-state index contributed by atoms with van der Waals surface area (Å²) in [4.78, 5) is 0. The Morgan fingerprint density at radius 2 is 2.27 bits per heavy atom. The van der Waals surface area contributed by atoms with Gasteiger partial charge in [-0.1, -0.05) is 0 Å². The SMILES string of the molecule is COc1ccc2cnn(CC[NH-])c2c1.[Cd]. The molecule has 0 fully saturated rings. The van der Waals surface area contributed by atoms with Gasteiger partial charge < -0.3 is 10.5 Å². The second-order valence-corrected chi connectivity index (χ2v) is 3.04. The summed E-state index contributed by atoms with van der Waals surface area (Å²) >= 11 is 0. The summed E-state index contributed by atoms with van der Waals surface area (Å²) in [7, 11) is 1.65. The van der Waals surface area contributed by atoms with E-state index in [9.17, 15) is 0 Å². The van der Waals surface area contributed by atoms with E-state index < -0.39 is 0 Å². The van der Waals surface area contributed by atoms with Gasteiger partial charge in [0, 0.05) is 45.3 Å². The first-order valence-corrected chi connectivity index (χ1v) is 4.49. The quantitative estimate of drug-likeness (QED) is 0.815. The van der Waals surface area contributed by atoms with E-state index in [2.05, 4.69) is 5.10 Å². The topological polar surface area (TPSA) is 50.9 Å². The Morgan fingerprint density at radius 1 is 1.47 bits per heavy atom. The van der Waals surface area contributed by atoms with Gasteiger partial charge in [0.2, 0.25) is 0 Å². The molecular weight excluding hydrogens is 291 g/mol. The second kappa shape index (κ2) is 5.45. The molecule has 0 aliphatic heterocycles. The van der Waals surface area contributed by atoms with E-state index in [1.54, 1.807) is 7.11 Å². The van der Waals surface area contributed by atoms with Crippen molar-refractivity contribution in [3.05, 3.63) is 30.1 Å². The molecule has 2 rings (SSSR count). The van der Waals surface area contributed by atoms with E-state index >= 15 is 0 Å². The molecule has 2 aromatic rings. The van der Waals surface area contributed by atoms with E-state index in [0.717, 1.165) is 16.7 Å². The summed E-state index contributed by atoms with van der Waals surface area (Å²) in [5.41, 5.74) is 8.19. The standard InChI is InChI=1S/C10H12N3O.Cd/c1-14-9-3-2-8-7-12-13(5-4-11)10(8)6-9;/h2-3,6-7,11H,4-5H2,1H3;/q-1;. The van der Waals surface area contributed by atoms with Crippen LogP contribution in [0.4, 0.5) is 0 Å². The maximum atomic E-state index is 7.16. The van der Waals surface area contributed by atoms with Crippen molar-refractivity contribution < 1.29 is 32.0 Å². The molecule has 1 N–H and O–H groups in total. The minimum Gasteiger partial charge on any atom is -0.676 e. The zero-order valence-corrected chi connectivity index (χ0v) is 12.8. The fraction of sp³-hybridized carbons (Fsp3) is 0.300. The summed E-state index contributed by atoms with van der Waals surface area (Å²) in [6, 6.07) is 5.83. The number of nitrogens with zero attached hydrogens (tertiary/aromatic N) is 2. The van der Waals surface area contributed by atoms with Crippen molar-refractivity contribution in [1.29, 1.82) is 0 Å². The molecule has 76 valence electrons. The molecule has 1 aromatic carbocycles. The molecule has 4 nitrogen and oxygen atoms in total. The maximum Gasteiger partial charge on any atom is 0.121 e. The van der Waals surface area contributed by atoms with Gasteiger partial charge in [-0.2, -0.15) is 5.10 Å². The molecule has 0 atom stereocenters. The Hall–Kier alpha value is -0.628. The van der Waals surface area contributed by atoms with Crippen molar-refractivity contribution in [2.45, 2.75) is 6.54 Å². The number of fused-ring (bicyclic) bond motifs is 1. The molecule has 1 heterocycles. The van der Waals surface area contributed by atoms with Gasteiger partial charge in [-0.3, -0.25) is 4.68 Å². The molecular formula is C10H12CdN3O-. The number of nitrogens with one attached hydrogen (secondary N) is 1. The molecule has 15 heavy (non-hydrogen) atoms. The molecule has 1 aromatic heterocycles. The monoisotopic (exact) mass is 304 g/mol. The molecule has 0 aliphatic carbocycles. The molecule has 0 unspecified atom stereocenters. The van der Waals surface area contributed by atoms with Crippen molar-refractivity contribution >= 4 is 10.9 Å². The molecule has 0 saturated carbocycles.